The Kier molecular flexibility index (Phi) is 2.72. The predicted octanol–water partition coefficient (Wildman–Crippen LogP) is 1.46. The molecular weight excluding hydrogens is 244 g/mol. The molecule has 2 aromatic heterocycles. The van der Waals surface area contributed by atoms with Gasteiger partial charge in [-0.3, -0.25) is 0 Å². The third-order valence-corrected chi connectivity index (χ3v) is 2.98. The molecule has 3 N–H and O–H groups in total. The molecule has 0 spiro atoms. The van der Waals surface area contributed by atoms with E-state index in [4.69, 9.17) is 10.3 Å². The van der Waals surface area contributed by atoms with Gasteiger partial charge in [0.15, 0.2) is 5.76 Å². The zero-order valence-electron chi connectivity index (χ0n) is 10.5. The number of aryl methyl sites for hydroxylation is 1. The minimum absolute atomic E-state index is 0.137. The lowest BCUT2D eigenvalue weighted by atomic mass is 10.3. The van der Waals surface area contributed by atoms with E-state index >= 15 is 0 Å². The normalized spacial score (nSPS) is 11.3. The van der Waals surface area contributed by atoms with Crippen LogP contribution < -0.4 is 5.73 Å². The van der Waals surface area contributed by atoms with Crippen molar-refractivity contribution in [1.29, 1.82) is 0 Å². The van der Waals surface area contributed by atoms with Crippen LogP contribution in [0.25, 0.3) is 11.0 Å². The Bertz CT molecular complexity index is 729. The Morgan fingerprint density at radius 1 is 1.37 bits per heavy atom. The lowest BCUT2D eigenvalue weighted by Gasteiger charge is -2.04. The van der Waals surface area contributed by atoms with Gasteiger partial charge in [-0.1, -0.05) is 5.16 Å². The maximum atomic E-state index is 9.41. The van der Waals surface area contributed by atoms with Crippen molar-refractivity contribution in [2.75, 3.05) is 5.73 Å². The van der Waals surface area contributed by atoms with E-state index in [-0.39, 0.29) is 6.61 Å². The maximum Gasteiger partial charge on any atom is 0.156 e. The molecule has 6 heteroatoms. The highest BCUT2D eigenvalue weighted by molar-refractivity contribution is 5.79. The van der Waals surface area contributed by atoms with Crippen molar-refractivity contribution in [2.45, 2.75) is 20.1 Å². The van der Waals surface area contributed by atoms with Crippen molar-refractivity contribution in [1.82, 2.24) is 14.7 Å². The minimum Gasteiger partial charge on any atom is -0.399 e. The number of aromatic nitrogens is 3. The second-order valence-corrected chi connectivity index (χ2v) is 4.46. The number of hydrogen-bond donors (Lipinski definition) is 2. The zero-order chi connectivity index (χ0) is 13.4. The van der Waals surface area contributed by atoms with Crippen molar-refractivity contribution >= 4 is 16.7 Å². The van der Waals surface area contributed by atoms with Crippen LogP contribution in [0.1, 0.15) is 17.3 Å². The largest absolute Gasteiger partial charge is 0.399 e. The summed E-state index contributed by atoms with van der Waals surface area (Å²) in [6.45, 7) is 2.21. The average molecular weight is 258 g/mol. The standard InChI is InChI=1S/C13H14N4O2/c1-8-4-10(19-16-8)6-17-12-3-2-9(14)5-11(12)15-13(17)7-18/h2-5,18H,6-7,14H2,1H3. The van der Waals surface area contributed by atoms with Gasteiger partial charge in [0, 0.05) is 11.8 Å². The molecule has 2 heterocycles. The van der Waals surface area contributed by atoms with Crippen LogP contribution in [0.3, 0.4) is 0 Å². The molecule has 0 aliphatic rings. The fourth-order valence-corrected chi connectivity index (χ4v) is 2.14. The SMILES string of the molecule is Cc1cc(Cn2c(CO)nc3cc(N)ccc32)on1. The number of nitrogens with two attached hydrogens (primary N) is 1. The van der Waals surface area contributed by atoms with Crippen molar-refractivity contribution < 1.29 is 9.63 Å². The van der Waals surface area contributed by atoms with E-state index in [1.54, 1.807) is 6.07 Å². The molecule has 0 fully saturated rings. The first-order valence-electron chi connectivity index (χ1n) is 5.95. The summed E-state index contributed by atoms with van der Waals surface area (Å²) in [7, 11) is 0. The number of nitrogens with zero attached hydrogens (tertiary/aromatic N) is 3. The Morgan fingerprint density at radius 2 is 2.21 bits per heavy atom. The van der Waals surface area contributed by atoms with Gasteiger partial charge in [-0.25, -0.2) is 4.98 Å². The minimum atomic E-state index is -0.137. The number of fused-ring (bicyclic) bond motifs is 1. The van der Waals surface area contributed by atoms with Crippen molar-refractivity contribution in [3.05, 3.63) is 41.5 Å². The second kappa shape index (κ2) is 4.40. The van der Waals surface area contributed by atoms with E-state index in [2.05, 4.69) is 10.1 Å². The lowest BCUT2D eigenvalue weighted by molar-refractivity contribution is 0.265. The van der Waals surface area contributed by atoms with E-state index < -0.39 is 0 Å². The fourth-order valence-electron chi connectivity index (χ4n) is 2.14. The highest BCUT2D eigenvalue weighted by atomic mass is 16.5. The van der Waals surface area contributed by atoms with Gasteiger partial charge in [-0.15, -0.1) is 0 Å². The van der Waals surface area contributed by atoms with E-state index in [1.165, 1.54) is 0 Å². The molecule has 6 nitrogen and oxygen atoms in total. The monoisotopic (exact) mass is 258 g/mol. The molecule has 0 bridgehead atoms. The summed E-state index contributed by atoms with van der Waals surface area (Å²) < 4.78 is 7.10. The van der Waals surface area contributed by atoms with Crippen LogP contribution in [0.2, 0.25) is 0 Å². The van der Waals surface area contributed by atoms with Gasteiger partial charge in [-0.2, -0.15) is 0 Å². The van der Waals surface area contributed by atoms with Gasteiger partial charge < -0.3 is 19.9 Å². The first-order chi connectivity index (χ1) is 9.17. The van der Waals surface area contributed by atoms with E-state index in [1.807, 2.05) is 29.7 Å². The molecule has 3 rings (SSSR count). The zero-order valence-corrected chi connectivity index (χ0v) is 10.5. The van der Waals surface area contributed by atoms with Crippen molar-refractivity contribution in [3.63, 3.8) is 0 Å². The molecule has 0 atom stereocenters. The van der Waals surface area contributed by atoms with Crippen LogP contribution in [-0.2, 0) is 13.2 Å². The Hall–Kier alpha value is -2.34. The van der Waals surface area contributed by atoms with Crippen LogP contribution >= 0.6 is 0 Å². The predicted molar refractivity (Wildman–Crippen MR) is 70.4 cm³/mol. The average Bonchev–Trinajstić information content (AvgIpc) is 2.94. The van der Waals surface area contributed by atoms with Crippen LogP contribution in [0.5, 0.6) is 0 Å². The summed E-state index contributed by atoms with van der Waals surface area (Å²) >= 11 is 0. The Morgan fingerprint density at radius 3 is 2.89 bits per heavy atom. The topological polar surface area (TPSA) is 90.1 Å². The summed E-state index contributed by atoms with van der Waals surface area (Å²) in [5.41, 5.74) is 8.89. The molecule has 19 heavy (non-hydrogen) atoms. The van der Waals surface area contributed by atoms with Crippen LogP contribution in [-0.4, -0.2) is 19.8 Å². The lowest BCUT2D eigenvalue weighted by Crippen LogP contribution is -2.04. The highest BCUT2D eigenvalue weighted by Crippen LogP contribution is 2.20. The van der Waals surface area contributed by atoms with Crippen molar-refractivity contribution in [3.8, 4) is 0 Å². The summed E-state index contributed by atoms with van der Waals surface area (Å²) in [6.07, 6.45) is 0. The van der Waals surface area contributed by atoms with E-state index in [0.29, 0.717) is 18.1 Å². The van der Waals surface area contributed by atoms with Gasteiger partial charge in [0.05, 0.1) is 23.3 Å². The molecule has 98 valence electrons. The first-order valence-corrected chi connectivity index (χ1v) is 5.95. The summed E-state index contributed by atoms with van der Waals surface area (Å²) in [5, 5.41) is 13.3. The highest BCUT2D eigenvalue weighted by Gasteiger charge is 2.12. The number of aliphatic hydroxyl groups excluding tert-OH is 1. The van der Waals surface area contributed by atoms with Crippen LogP contribution in [0.4, 0.5) is 5.69 Å². The number of benzene rings is 1. The molecule has 1 aromatic carbocycles. The summed E-state index contributed by atoms with van der Waals surface area (Å²) in [5.74, 6) is 1.30. The number of nitrogen functional groups attached to an aromatic ring is 1. The molecule has 0 saturated carbocycles. The quantitative estimate of drug-likeness (QED) is 0.694. The van der Waals surface area contributed by atoms with Gasteiger partial charge >= 0.3 is 0 Å². The van der Waals surface area contributed by atoms with Crippen molar-refractivity contribution in [2.24, 2.45) is 0 Å². The smallest absolute Gasteiger partial charge is 0.156 e. The number of rotatable bonds is 3. The van der Waals surface area contributed by atoms with E-state index in [9.17, 15) is 5.11 Å². The third-order valence-electron chi connectivity index (χ3n) is 2.98. The molecular formula is C13H14N4O2. The van der Waals surface area contributed by atoms with Crippen LogP contribution in [0.15, 0.2) is 28.8 Å². The molecule has 0 saturated heterocycles. The molecule has 0 amide bonds. The van der Waals surface area contributed by atoms with Crippen LogP contribution in [0, 0.1) is 6.92 Å². The molecule has 0 aliphatic carbocycles. The first kappa shape index (κ1) is 11.7. The van der Waals surface area contributed by atoms with Gasteiger partial charge in [0.1, 0.15) is 12.4 Å². The summed E-state index contributed by atoms with van der Waals surface area (Å²) in [4.78, 5) is 4.37. The fraction of sp³-hybridized carbons (Fsp3) is 0.231. The molecule has 3 aromatic rings. The second-order valence-electron chi connectivity index (χ2n) is 4.46. The van der Waals surface area contributed by atoms with Gasteiger partial charge in [0.2, 0.25) is 0 Å². The molecule has 0 aliphatic heterocycles. The van der Waals surface area contributed by atoms with E-state index in [0.717, 1.165) is 22.5 Å². The number of anilines is 1. The third kappa shape index (κ3) is 2.06. The Labute approximate surface area is 109 Å². The Balaban J connectivity index is 2.10. The van der Waals surface area contributed by atoms with Gasteiger partial charge in [-0.05, 0) is 25.1 Å². The molecule has 0 radical (unpaired) electrons. The number of imidazole rings is 1. The number of aliphatic hydroxyl groups is 1. The summed E-state index contributed by atoms with van der Waals surface area (Å²) in [6, 6.07) is 7.36. The number of hydrogen-bond acceptors (Lipinski definition) is 5. The maximum absolute atomic E-state index is 9.41. The molecule has 0 unspecified atom stereocenters. The van der Waals surface area contributed by atoms with Gasteiger partial charge in [0.25, 0.3) is 0 Å².